The molecule has 1 amide bonds. The molecule has 1 aromatic heterocycles. The van der Waals surface area contributed by atoms with Crippen LogP contribution in [0.2, 0.25) is 0 Å². The molecule has 0 aliphatic rings. The number of carbonyl (C=O) groups is 1. The minimum Gasteiger partial charge on any atom is -0.495 e. The average molecular weight is 436 g/mol. The molecule has 1 N–H and O–H groups in total. The van der Waals surface area contributed by atoms with Gasteiger partial charge in [0.25, 0.3) is 5.91 Å². The first-order chi connectivity index (χ1) is 12.4. The van der Waals surface area contributed by atoms with Crippen molar-refractivity contribution in [3.05, 3.63) is 70.9 Å². The molecule has 0 fully saturated rings. The van der Waals surface area contributed by atoms with E-state index in [0.717, 1.165) is 4.47 Å². The maximum atomic E-state index is 12.6. The van der Waals surface area contributed by atoms with E-state index in [1.54, 1.807) is 36.4 Å². The third-order valence-electron chi connectivity index (χ3n) is 3.55. The first-order valence-corrected chi connectivity index (χ1v) is 9.74. The normalized spacial score (nSPS) is 11.2. The maximum Gasteiger partial charge on any atom is 0.291 e. The smallest absolute Gasteiger partial charge is 0.291 e. The molecule has 2 aromatic carbocycles. The fourth-order valence-electron chi connectivity index (χ4n) is 2.25. The molecule has 1 heterocycles. The molecule has 0 unspecified atom stereocenters. The lowest BCUT2D eigenvalue weighted by atomic mass is 10.3. The third kappa shape index (κ3) is 3.66. The van der Waals surface area contributed by atoms with Crippen LogP contribution in [0, 0.1) is 0 Å². The highest BCUT2D eigenvalue weighted by atomic mass is 79.9. The number of anilines is 1. The molecule has 0 aliphatic heterocycles. The van der Waals surface area contributed by atoms with Gasteiger partial charge < -0.3 is 14.5 Å². The van der Waals surface area contributed by atoms with Crippen molar-refractivity contribution in [2.24, 2.45) is 0 Å². The lowest BCUT2D eigenvalue weighted by Crippen LogP contribution is -2.11. The van der Waals surface area contributed by atoms with Crippen molar-refractivity contribution < 1.29 is 22.4 Å². The van der Waals surface area contributed by atoms with E-state index >= 15 is 0 Å². The molecule has 0 atom stereocenters. The van der Waals surface area contributed by atoms with Crippen molar-refractivity contribution in [3.8, 4) is 5.75 Å². The summed E-state index contributed by atoms with van der Waals surface area (Å²) in [6.45, 7) is 0. The lowest BCUT2D eigenvalue weighted by molar-refractivity contribution is 0.0991. The Kier molecular flexibility index (Phi) is 5.15. The summed E-state index contributed by atoms with van der Waals surface area (Å²) in [5.41, 5.74) is 0.453. The fraction of sp³-hybridized carbons (Fsp3) is 0.0556. The van der Waals surface area contributed by atoms with Gasteiger partial charge in [-0.05, 0) is 48.5 Å². The van der Waals surface area contributed by atoms with Crippen molar-refractivity contribution in [1.82, 2.24) is 0 Å². The quantitative estimate of drug-likeness (QED) is 0.650. The number of methoxy groups -OCH3 is 1. The Morgan fingerprint density at radius 1 is 1.04 bits per heavy atom. The van der Waals surface area contributed by atoms with Crippen LogP contribution in [-0.4, -0.2) is 21.4 Å². The second kappa shape index (κ2) is 7.35. The van der Waals surface area contributed by atoms with Gasteiger partial charge in [-0.1, -0.05) is 28.1 Å². The number of hydrogen-bond donors (Lipinski definition) is 1. The molecule has 0 saturated heterocycles. The Hall–Kier alpha value is -2.58. The number of nitrogens with one attached hydrogen (secondary N) is 1. The highest BCUT2D eigenvalue weighted by molar-refractivity contribution is 9.10. The fourth-order valence-corrected chi connectivity index (χ4v) is 3.69. The van der Waals surface area contributed by atoms with E-state index in [9.17, 15) is 13.2 Å². The zero-order valence-corrected chi connectivity index (χ0v) is 16.0. The summed E-state index contributed by atoms with van der Waals surface area (Å²) in [5, 5.41) is 2.33. The van der Waals surface area contributed by atoms with Crippen LogP contribution in [0.25, 0.3) is 0 Å². The van der Waals surface area contributed by atoms with Gasteiger partial charge in [-0.3, -0.25) is 4.79 Å². The van der Waals surface area contributed by atoms with Crippen LogP contribution in [0.3, 0.4) is 0 Å². The molecule has 3 aromatic rings. The number of carbonyl (C=O) groups excluding carboxylic acids is 1. The van der Waals surface area contributed by atoms with Gasteiger partial charge in [0.15, 0.2) is 5.76 Å². The molecule has 6 nitrogen and oxygen atoms in total. The highest BCUT2D eigenvalue weighted by Crippen LogP contribution is 2.26. The predicted octanol–water partition coefficient (Wildman–Crippen LogP) is 4.14. The summed E-state index contributed by atoms with van der Waals surface area (Å²) >= 11 is 3.25. The largest absolute Gasteiger partial charge is 0.495 e. The number of sulfone groups is 1. The van der Waals surface area contributed by atoms with Gasteiger partial charge in [-0.2, -0.15) is 0 Å². The predicted molar refractivity (Wildman–Crippen MR) is 99.2 cm³/mol. The number of furan rings is 1. The van der Waals surface area contributed by atoms with E-state index in [1.165, 1.54) is 31.4 Å². The summed E-state index contributed by atoms with van der Waals surface area (Å²) in [4.78, 5) is 12.4. The van der Waals surface area contributed by atoms with E-state index in [-0.39, 0.29) is 15.7 Å². The van der Waals surface area contributed by atoms with Gasteiger partial charge in [-0.25, -0.2) is 8.42 Å². The van der Waals surface area contributed by atoms with Crippen LogP contribution in [0.4, 0.5) is 5.69 Å². The first-order valence-electron chi connectivity index (χ1n) is 7.46. The molecule has 0 saturated carbocycles. The van der Waals surface area contributed by atoms with E-state index < -0.39 is 15.7 Å². The number of halogens is 1. The second-order valence-electron chi connectivity index (χ2n) is 5.23. The van der Waals surface area contributed by atoms with Crippen LogP contribution in [0.15, 0.2) is 79.5 Å². The van der Waals surface area contributed by atoms with Gasteiger partial charge in [-0.15, -0.1) is 0 Å². The second-order valence-corrected chi connectivity index (χ2v) is 8.03. The number of rotatable bonds is 5. The number of para-hydroxylation sites is 2. The van der Waals surface area contributed by atoms with E-state index in [2.05, 4.69) is 21.2 Å². The summed E-state index contributed by atoms with van der Waals surface area (Å²) in [6.07, 6.45) is 0. The standard InChI is InChI=1S/C18H14BrNO5S/c1-24-15-5-3-2-4-14(15)20-18(21)16-10-11-17(25-16)26(22,23)13-8-6-12(19)7-9-13/h2-11H,1H3,(H,20,21). The number of ether oxygens (including phenoxy) is 1. The molecule has 26 heavy (non-hydrogen) atoms. The molecule has 0 radical (unpaired) electrons. The molecular formula is C18H14BrNO5S. The Morgan fingerprint density at radius 3 is 2.42 bits per heavy atom. The Labute approximate surface area is 158 Å². The highest BCUT2D eigenvalue weighted by Gasteiger charge is 2.24. The van der Waals surface area contributed by atoms with Gasteiger partial charge in [0.05, 0.1) is 17.7 Å². The Bertz CT molecular complexity index is 1040. The van der Waals surface area contributed by atoms with Crippen LogP contribution in [-0.2, 0) is 9.84 Å². The molecule has 0 bridgehead atoms. The van der Waals surface area contributed by atoms with Gasteiger partial charge in [0.1, 0.15) is 5.75 Å². The summed E-state index contributed by atoms with van der Waals surface area (Å²) in [5.74, 6) is -0.214. The van der Waals surface area contributed by atoms with Crippen molar-refractivity contribution >= 4 is 37.4 Å². The Morgan fingerprint density at radius 2 is 1.73 bits per heavy atom. The Balaban J connectivity index is 1.85. The van der Waals surface area contributed by atoms with Crippen LogP contribution in [0.1, 0.15) is 10.6 Å². The van der Waals surface area contributed by atoms with Crippen LogP contribution < -0.4 is 10.1 Å². The van der Waals surface area contributed by atoms with Gasteiger partial charge >= 0.3 is 0 Å². The van der Waals surface area contributed by atoms with Gasteiger partial charge in [0.2, 0.25) is 14.9 Å². The molecule has 8 heteroatoms. The van der Waals surface area contributed by atoms with E-state index in [1.807, 2.05) is 0 Å². The molecule has 134 valence electrons. The minimum atomic E-state index is -3.85. The summed E-state index contributed by atoms with van der Waals surface area (Å²) in [7, 11) is -2.36. The van der Waals surface area contributed by atoms with Crippen molar-refractivity contribution in [1.29, 1.82) is 0 Å². The zero-order chi connectivity index (χ0) is 18.7. The van der Waals surface area contributed by atoms with Crippen molar-refractivity contribution in [3.63, 3.8) is 0 Å². The first kappa shape index (κ1) is 18.2. The molecule has 0 aliphatic carbocycles. The molecular weight excluding hydrogens is 422 g/mol. The average Bonchev–Trinajstić information content (AvgIpc) is 3.14. The molecule has 3 rings (SSSR count). The minimum absolute atomic E-state index is 0.0757. The van der Waals surface area contributed by atoms with Crippen LogP contribution >= 0.6 is 15.9 Å². The third-order valence-corrected chi connectivity index (χ3v) is 5.72. The number of benzene rings is 2. The summed E-state index contributed by atoms with van der Waals surface area (Å²) < 4.78 is 36.4. The number of hydrogen-bond acceptors (Lipinski definition) is 5. The van der Waals surface area contributed by atoms with Crippen LogP contribution in [0.5, 0.6) is 5.75 Å². The van der Waals surface area contributed by atoms with Gasteiger partial charge in [0, 0.05) is 4.47 Å². The zero-order valence-electron chi connectivity index (χ0n) is 13.6. The topological polar surface area (TPSA) is 85.6 Å². The van der Waals surface area contributed by atoms with Crippen molar-refractivity contribution in [2.45, 2.75) is 9.99 Å². The number of amides is 1. The monoisotopic (exact) mass is 435 g/mol. The van der Waals surface area contributed by atoms with Crippen molar-refractivity contribution in [2.75, 3.05) is 12.4 Å². The lowest BCUT2D eigenvalue weighted by Gasteiger charge is -2.08. The van der Waals surface area contributed by atoms with E-state index in [0.29, 0.717) is 11.4 Å². The maximum absolute atomic E-state index is 12.6. The van der Waals surface area contributed by atoms with E-state index in [4.69, 9.17) is 9.15 Å². The molecule has 0 spiro atoms. The summed E-state index contributed by atoms with van der Waals surface area (Å²) in [6, 6.07) is 15.6. The SMILES string of the molecule is COc1ccccc1NC(=O)c1ccc(S(=O)(=O)c2ccc(Br)cc2)o1.